The molecule has 0 radical (unpaired) electrons. The van der Waals surface area contributed by atoms with Gasteiger partial charge in [-0.3, -0.25) is 25.1 Å². The molecule has 0 saturated carbocycles. The van der Waals surface area contributed by atoms with E-state index in [4.69, 9.17) is 0 Å². The Bertz CT molecular complexity index is 912. The minimum absolute atomic E-state index is 0.0248. The molecule has 0 saturated heterocycles. The van der Waals surface area contributed by atoms with Gasteiger partial charge in [0.1, 0.15) is 0 Å². The number of hydrogen-bond donors (Lipinski definition) is 3. The van der Waals surface area contributed by atoms with E-state index in [0.717, 1.165) is 10.6 Å². The van der Waals surface area contributed by atoms with Crippen molar-refractivity contribution in [1.82, 2.24) is 15.2 Å². The van der Waals surface area contributed by atoms with Gasteiger partial charge in [0.25, 0.3) is 5.69 Å². The van der Waals surface area contributed by atoms with E-state index < -0.39 is 4.92 Å². The van der Waals surface area contributed by atoms with Crippen LogP contribution in [0.3, 0.4) is 0 Å². The summed E-state index contributed by atoms with van der Waals surface area (Å²) in [6, 6.07) is 5.47. The van der Waals surface area contributed by atoms with E-state index in [0.29, 0.717) is 30.3 Å². The number of carbonyl (C=O) groups excluding carboxylic acids is 2. The maximum absolute atomic E-state index is 12.3. The summed E-state index contributed by atoms with van der Waals surface area (Å²) < 4.78 is 0. The van der Waals surface area contributed by atoms with Gasteiger partial charge < -0.3 is 10.6 Å². The number of amides is 3. The second kappa shape index (κ2) is 8.97. The van der Waals surface area contributed by atoms with Crippen molar-refractivity contribution in [2.75, 3.05) is 23.7 Å². The number of fused-ring (bicyclic) bond motifs is 1. The average Bonchev–Trinajstić information content (AvgIpc) is 3.02. The summed E-state index contributed by atoms with van der Waals surface area (Å²) >= 11 is 1.41. The molecule has 29 heavy (non-hydrogen) atoms. The lowest BCUT2D eigenvalue weighted by molar-refractivity contribution is -0.384. The minimum atomic E-state index is -0.485. The fraction of sp³-hybridized carbons (Fsp3) is 0.389. The molecule has 1 aromatic heterocycles. The number of rotatable bonds is 6. The summed E-state index contributed by atoms with van der Waals surface area (Å²) in [5, 5.41) is 19.5. The molecule has 0 bridgehead atoms. The van der Waals surface area contributed by atoms with Gasteiger partial charge in [0.05, 0.1) is 17.2 Å². The largest absolute Gasteiger partial charge is 0.336 e. The fourth-order valence-corrected chi connectivity index (χ4v) is 3.95. The smallest absolute Gasteiger partial charge is 0.321 e. The van der Waals surface area contributed by atoms with Crippen LogP contribution in [0.25, 0.3) is 0 Å². The number of non-ortho nitro benzene ring substituents is 1. The number of anilines is 2. The normalized spacial score (nSPS) is 13.6. The molecule has 0 fully saturated rings. The highest BCUT2D eigenvalue weighted by atomic mass is 32.1. The SMILES string of the molecule is CC(C)NC(=O)Nc1nc2c(s1)CN(CC(=O)Nc1ccc([N+](=O)[O-])cc1)CC2. The zero-order chi connectivity index (χ0) is 21.0. The Labute approximate surface area is 171 Å². The molecule has 1 aliphatic rings. The molecule has 154 valence electrons. The summed E-state index contributed by atoms with van der Waals surface area (Å²) in [4.78, 5) is 41.8. The molecule has 3 amide bonds. The number of carbonyl (C=O) groups is 2. The first kappa shape index (κ1) is 20.7. The number of hydrogen-bond acceptors (Lipinski definition) is 7. The van der Waals surface area contributed by atoms with Crippen LogP contribution >= 0.6 is 11.3 Å². The van der Waals surface area contributed by atoms with Gasteiger partial charge in [-0.25, -0.2) is 9.78 Å². The number of aromatic nitrogens is 1. The number of nitro groups is 1. The molecule has 2 heterocycles. The molecule has 1 aromatic carbocycles. The van der Waals surface area contributed by atoms with E-state index in [2.05, 4.69) is 20.9 Å². The summed E-state index contributed by atoms with van der Waals surface area (Å²) in [6.45, 7) is 5.22. The van der Waals surface area contributed by atoms with E-state index in [1.165, 1.54) is 35.6 Å². The van der Waals surface area contributed by atoms with Crippen LogP contribution in [0.5, 0.6) is 0 Å². The van der Waals surface area contributed by atoms with Crippen molar-refractivity contribution in [2.24, 2.45) is 0 Å². The lowest BCUT2D eigenvalue weighted by Gasteiger charge is -2.25. The lowest BCUT2D eigenvalue weighted by atomic mass is 10.2. The Hall–Kier alpha value is -3.05. The second-order valence-corrected chi connectivity index (χ2v) is 8.04. The van der Waals surface area contributed by atoms with E-state index in [1.54, 1.807) is 0 Å². The summed E-state index contributed by atoms with van der Waals surface area (Å²) in [6.07, 6.45) is 0.699. The van der Waals surface area contributed by atoms with Crippen LogP contribution in [0.15, 0.2) is 24.3 Å². The third kappa shape index (κ3) is 5.72. The van der Waals surface area contributed by atoms with Gasteiger partial charge in [-0.15, -0.1) is 11.3 Å². The molecule has 1 aliphatic heterocycles. The van der Waals surface area contributed by atoms with E-state index in [-0.39, 0.29) is 30.2 Å². The third-order valence-corrected chi connectivity index (χ3v) is 5.18. The van der Waals surface area contributed by atoms with Crippen LogP contribution < -0.4 is 16.0 Å². The Morgan fingerprint density at radius 1 is 1.28 bits per heavy atom. The zero-order valence-electron chi connectivity index (χ0n) is 16.1. The Balaban J connectivity index is 1.53. The van der Waals surface area contributed by atoms with Crippen LogP contribution in [0, 0.1) is 10.1 Å². The van der Waals surface area contributed by atoms with Gasteiger partial charge in [0.15, 0.2) is 5.13 Å². The maximum Gasteiger partial charge on any atom is 0.321 e. The highest BCUT2D eigenvalue weighted by Crippen LogP contribution is 2.28. The zero-order valence-corrected chi connectivity index (χ0v) is 16.9. The first-order valence-corrected chi connectivity index (χ1v) is 9.94. The minimum Gasteiger partial charge on any atom is -0.336 e. The van der Waals surface area contributed by atoms with E-state index in [9.17, 15) is 19.7 Å². The van der Waals surface area contributed by atoms with Crippen LogP contribution in [-0.4, -0.2) is 45.9 Å². The highest BCUT2D eigenvalue weighted by Gasteiger charge is 2.23. The van der Waals surface area contributed by atoms with Crippen molar-refractivity contribution in [3.63, 3.8) is 0 Å². The number of urea groups is 1. The van der Waals surface area contributed by atoms with Gasteiger partial charge in [0.2, 0.25) is 5.91 Å². The van der Waals surface area contributed by atoms with Crippen LogP contribution in [-0.2, 0) is 17.8 Å². The lowest BCUT2D eigenvalue weighted by Crippen LogP contribution is -2.36. The number of benzene rings is 1. The molecule has 2 aromatic rings. The predicted molar refractivity (Wildman–Crippen MR) is 110 cm³/mol. The Kier molecular flexibility index (Phi) is 6.39. The molecule has 3 N–H and O–H groups in total. The molecule has 11 heteroatoms. The average molecular weight is 418 g/mol. The van der Waals surface area contributed by atoms with Gasteiger partial charge in [-0.1, -0.05) is 0 Å². The summed E-state index contributed by atoms with van der Waals surface area (Å²) in [5.74, 6) is -0.193. The number of thiazole rings is 1. The molecule has 0 unspecified atom stereocenters. The molecule has 10 nitrogen and oxygen atoms in total. The van der Waals surface area contributed by atoms with E-state index in [1.807, 2.05) is 18.7 Å². The molecule has 0 aliphatic carbocycles. The molecular weight excluding hydrogens is 396 g/mol. The molecule has 0 atom stereocenters. The van der Waals surface area contributed by atoms with Crippen molar-refractivity contribution < 1.29 is 14.5 Å². The highest BCUT2D eigenvalue weighted by molar-refractivity contribution is 7.15. The van der Waals surface area contributed by atoms with Crippen molar-refractivity contribution in [1.29, 1.82) is 0 Å². The second-order valence-electron chi connectivity index (χ2n) is 6.95. The fourth-order valence-electron chi connectivity index (χ4n) is 2.90. The van der Waals surface area contributed by atoms with Crippen molar-refractivity contribution in [3.05, 3.63) is 45.0 Å². The van der Waals surface area contributed by atoms with Crippen LogP contribution in [0.4, 0.5) is 21.3 Å². The maximum atomic E-state index is 12.3. The van der Waals surface area contributed by atoms with Crippen molar-refractivity contribution in [3.8, 4) is 0 Å². The number of nitrogens with zero attached hydrogens (tertiary/aromatic N) is 3. The van der Waals surface area contributed by atoms with E-state index >= 15 is 0 Å². The third-order valence-electron chi connectivity index (χ3n) is 4.18. The predicted octanol–water partition coefficient (Wildman–Crippen LogP) is 2.58. The van der Waals surface area contributed by atoms with Crippen LogP contribution in [0.1, 0.15) is 24.4 Å². The molecule has 0 spiro atoms. The molecule has 3 rings (SSSR count). The van der Waals surface area contributed by atoms with Gasteiger partial charge in [0, 0.05) is 48.2 Å². The van der Waals surface area contributed by atoms with Crippen molar-refractivity contribution in [2.45, 2.75) is 32.9 Å². The van der Waals surface area contributed by atoms with Crippen LogP contribution in [0.2, 0.25) is 0 Å². The molecular formula is C18H22N6O4S. The van der Waals surface area contributed by atoms with Crippen molar-refractivity contribution >= 4 is 39.8 Å². The topological polar surface area (TPSA) is 130 Å². The Morgan fingerprint density at radius 2 is 2.00 bits per heavy atom. The standard InChI is InChI=1S/C18H22N6O4S/c1-11(2)19-17(26)22-18-21-14-7-8-23(9-15(14)29-18)10-16(25)20-12-3-5-13(6-4-12)24(27)28/h3-6,11H,7-10H2,1-2H3,(H,20,25)(H2,19,21,22,26). The first-order valence-electron chi connectivity index (χ1n) is 9.13. The summed E-state index contributed by atoms with van der Waals surface area (Å²) in [5.41, 5.74) is 1.43. The first-order chi connectivity index (χ1) is 13.8. The number of nitrogens with one attached hydrogen (secondary N) is 3. The summed E-state index contributed by atoms with van der Waals surface area (Å²) in [7, 11) is 0. The van der Waals surface area contributed by atoms with Gasteiger partial charge in [-0.2, -0.15) is 0 Å². The monoisotopic (exact) mass is 418 g/mol. The van der Waals surface area contributed by atoms with Gasteiger partial charge >= 0.3 is 6.03 Å². The number of nitro benzene ring substituents is 1. The quantitative estimate of drug-likeness (QED) is 0.488. The van der Waals surface area contributed by atoms with Gasteiger partial charge in [-0.05, 0) is 26.0 Å². The Morgan fingerprint density at radius 3 is 2.66 bits per heavy atom.